The van der Waals surface area contributed by atoms with Gasteiger partial charge in [-0.25, -0.2) is 0 Å². The van der Waals surface area contributed by atoms with Crippen molar-refractivity contribution in [2.45, 2.75) is 53.1 Å². The third kappa shape index (κ3) is 2.41. The van der Waals surface area contributed by atoms with E-state index in [-0.39, 0.29) is 24.2 Å². The van der Waals surface area contributed by atoms with Crippen LogP contribution in [-0.4, -0.2) is 97.7 Å². The van der Waals surface area contributed by atoms with Gasteiger partial charge in [0.1, 0.15) is 5.60 Å². The third-order valence-electron chi connectivity index (χ3n) is 6.02. The van der Waals surface area contributed by atoms with Gasteiger partial charge >= 0.3 is 0 Å². The van der Waals surface area contributed by atoms with E-state index in [2.05, 4.69) is 0 Å². The summed E-state index contributed by atoms with van der Waals surface area (Å²) in [6.45, 7) is 0.153. The van der Waals surface area contributed by atoms with Gasteiger partial charge in [-0.2, -0.15) is 0 Å². The van der Waals surface area contributed by atoms with Crippen LogP contribution >= 0.6 is 0 Å². The number of carbonyl (C=O) groups is 1. The zero-order valence-electron chi connectivity index (χ0n) is 15.5. The van der Waals surface area contributed by atoms with E-state index >= 15 is 0 Å². The maximum absolute atomic E-state index is 12.8. The number of rotatable bonds is 5. The lowest BCUT2D eigenvalue weighted by molar-refractivity contribution is -0.520. The molecule has 30 heavy (non-hydrogen) atoms. The average molecular weight is 432 g/mol. The monoisotopic (exact) mass is 432 g/mol. The van der Waals surface area contributed by atoms with Gasteiger partial charge in [-0.1, -0.05) is 12.1 Å². The number of anilines is 1. The van der Waals surface area contributed by atoms with Gasteiger partial charge in [-0.15, -0.1) is 0 Å². The summed E-state index contributed by atoms with van der Waals surface area (Å²) < 4.78 is 0. The number of nitrogens with one attached hydrogen (secondary N) is 1. The smallest absolute Gasteiger partial charge is 0.281 e. The first-order valence-corrected chi connectivity index (χ1v) is 8.86. The second-order valence-electron chi connectivity index (χ2n) is 7.80. The zero-order chi connectivity index (χ0) is 23.0. The van der Waals surface area contributed by atoms with Crippen LogP contribution in [-0.2, 0) is 4.79 Å². The Hall–Kier alpha value is -1.75. The molecule has 0 spiro atoms. The molecule has 1 amide bonds. The van der Waals surface area contributed by atoms with Crippen molar-refractivity contribution < 1.29 is 55.9 Å². The molecule has 2 aliphatic rings. The van der Waals surface area contributed by atoms with E-state index in [4.69, 9.17) is 5.73 Å². The Balaban J connectivity index is 2.01. The number of carbonyl (C=O) groups excluding carboxylic acids is 1. The number of benzene rings is 1. The van der Waals surface area contributed by atoms with Crippen LogP contribution in [0.5, 0.6) is 0 Å². The molecule has 0 radical (unpaired) electrons. The molecular weight excluding hydrogens is 408 g/mol. The number of hydrogen-bond acceptors (Lipinski definition) is 12. The Morgan fingerprint density at radius 3 is 2.13 bits per heavy atom. The van der Waals surface area contributed by atoms with Crippen LogP contribution in [0.25, 0.3) is 0 Å². The van der Waals surface area contributed by atoms with E-state index in [1.54, 1.807) is 0 Å². The highest BCUT2D eigenvalue weighted by Gasteiger charge is 2.99. The molecular formula is C17H24N2O11. The van der Waals surface area contributed by atoms with Gasteiger partial charge in [0.15, 0.2) is 5.60 Å². The summed E-state index contributed by atoms with van der Waals surface area (Å²) in [7, 11) is 0. The minimum Gasteiger partial charge on any atom is -0.388 e. The molecule has 1 aromatic carbocycles. The average Bonchev–Trinajstić information content (AvgIpc) is 3.25. The van der Waals surface area contributed by atoms with Gasteiger partial charge < -0.3 is 62.1 Å². The number of aliphatic hydroxyl groups is 10. The quantitative estimate of drug-likeness (QED) is 0.195. The van der Waals surface area contributed by atoms with Crippen LogP contribution in [0.4, 0.5) is 5.69 Å². The summed E-state index contributed by atoms with van der Waals surface area (Å²) in [4.78, 5) is 12.8. The van der Waals surface area contributed by atoms with Crippen LogP contribution in [0, 0.1) is 0 Å². The highest BCUT2D eigenvalue weighted by Crippen LogP contribution is 2.68. The van der Waals surface area contributed by atoms with Crippen molar-refractivity contribution in [1.82, 2.24) is 0 Å². The Kier molecular flexibility index (Phi) is 4.88. The molecule has 4 atom stereocenters. The Labute approximate surface area is 168 Å². The van der Waals surface area contributed by atoms with Crippen LogP contribution in [0.15, 0.2) is 24.3 Å². The summed E-state index contributed by atoms with van der Waals surface area (Å²) in [6, 6.07) is 5.37. The maximum atomic E-state index is 12.8. The topological polar surface area (TPSA) is 257 Å². The minimum atomic E-state index is -4.48. The largest absolute Gasteiger partial charge is 0.388 e. The van der Waals surface area contributed by atoms with Crippen molar-refractivity contribution in [3.8, 4) is 0 Å². The first kappa shape index (κ1) is 22.9. The lowest BCUT2D eigenvalue weighted by atomic mass is 9.67. The fourth-order valence-electron chi connectivity index (χ4n) is 3.95. The second-order valence-corrected chi connectivity index (χ2v) is 7.80. The molecule has 13 heteroatoms. The molecule has 0 aliphatic heterocycles. The fourth-order valence-corrected chi connectivity index (χ4v) is 3.95. The van der Waals surface area contributed by atoms with E-state index in [1.165, 1.54) is 24.3 Å². The van der Waals surface area contributed by atoms with Crippen molar-refractivity contribution in [2.75, 3.05) is 11.9 Å². The molecule has 2 aliphatic carbocycles. The zero-order valence-corrected chi connectivity index (χ0v) is 15.5. The molecule has 4 unspecified atom stereocenters. The summed E-state index contributed by atoms with van der Waals surface area (Å²) in [6.07, 6.45) is -2.06. The minimum absolute atomic E-state index is 0.128. The predicted molar refractivity (Wildman–Crippen MR) is 94.7 cm³/mol. The second kappa shape index (κ2) is 6.38. The number of fused-ring (bicyclic) bond motifs is 1. The van der Waals surface area contributed by atoms with E-state index in [9.17, 15) is 55.9 Å². The van der Waals surface area contributed by atoms with E-state index in [0.29, 0.717) is 0 Å². The molecule has 168 valence electrons. The molecule has 13 nitrogen and oxygen atoms in total. The first-order chi connectivity index (χ1) is 13.5. The lowest BCUT2D eigenvalue weighted by Gasteiger charge is -2.56. The van der Waals surface area contributed by atoms with Gasteiger partial charge in [0.05, 0.1) is 6.10 Å². The SMILES string of the molecule is NCCC(O)c1cccc(NC(=O)C2(O)C(O)(O)C(O)(O)C(O)(O)C3(O)CC32O)c1. The number of amides is 1. The molecule has 2 fully saturated rings. The molecule has 0 aromatic heterocycles. The van der Waals surface area contributed by atoms with Gasteiger partial charge in [-0.05, 0) is 30.7 Å². The van der Waals surface area contributed by atoms with Crippen molar-refractivity contribution in [2.24, 2.45) is 5.73 Å². The summed E-state index contributed by atoms with van der Waals surface area (Å²) >= 11 is 0. The predicted octanol–water partition coefficient (Wildman–Crippen LogP) is -5.34. The van der Waals surface area contributed by atoms with Crippen molar-refractivity contribution in [3.05, 3.63) is 29.8 Å². The van der Waals surface area contributed by atoms with Crippen LogP contribution < -0.4 is 11.1 Å². The summed E-state index contributed by atoms with van der Waals surface area (Å²) in [5.74, 6) is -14.9. The normalized spacial score (nSPS) is 36.5. The van der Waals surface area contributed by atoms with E-state index < -0.39 is 52.6 Å². The Morgan fingerprint density at radius 1 is 0.967 bits per heavy atom. The Bertz CT molecular complexity index is 875. The highest BCUT2D eigenvalue weighted by atomic mass is 16.7. The summed E-state index contributed by atoms with van der Waals surface area (Å²) in [5.41, 5.74) is -5.01. The lowest BCUT2D eigenvalue weighted by Crippen LogP contribution is -2.89. The molecule has 0 saturated heterocycles. The molecule has 0 heterocycles. The van der Waals surface area contributed by atoms with Gasteiger partial charge in [0, 0.05) is 12.1 Å². The van der Waals surface area contributed by atoms with Crippen molar-refractivity contribution in [1.29, 1.82) is 0 Å². The fraction of sp³-hybridized carbons (Fsp3) is 0.588. The van der Waals surface area contributed by atoms with Crippen molar-refractivity contribution >= 4 is 11.6 Å². The molecule has 2 saturated carbocycles. The van der Waals surface area contributed by atoms with Gasteiger partial charge in [0.25, 0.3) is 23.3 Å². The van der Waals surface area contributed by atoms with E-state index in [0.717, 1.165) is 0 Å². The third-order valence-corrected chi connectivity index (χ3v) is 6.02. The molecule has 13 N–H and O–H groups in total. The molecule has 1 aromatic rings. The van der Waals surface area contributed by atoms with Crippen LogP contribution in [0.3, 0.4) is 0 Å². The highest BCUT2D eigenvalue weighted by molar-refractivity contribution is 6.00. The van der Waals surface area contributed by atoms with E-state index in [1.807, 2.05) is 5.32 Å². The van der Waals surface area contributed by atoms with Crippen LogP contribution in [0.1, 0.15) is 24.5 Å². The van der Waals surface area contributed by atoms with Gasteiger partial charge in [0.2, 0.25) is 5.60 Å². The Morgan fingerprint density at radius 2 is 1.57 bits per heavy atom. The van der Waals surface area contributed by atoms with Crippen molar-refractivity contribution in [3.63, 3.8) is 0 Å². The number of hydrogen-bond donors (Lipinski definition) is 12. The summed E-state index contributed by atoms with van der Waals surface area (Å²) in [5, 5.41) is 104. The van der Waals surface area contributed by atoms with Crippen LogP contribution in [0.2, 0.25) is 0 Å². The maximum Gasteiger partial charge on any atom is 0.281 e. The van der Waals surface area contributed by atoms with Gasteiger partial charge in [-0.3, -0.25) is 4.79 Å². The first-order valence-electron chi connectivity index (χ1n) is 8.86. The molecule has 3 rings (SSSR count). The standard InChI is InChI=1S/C17H24N2O11/c18-5-4-10(20)8-2-1-3-9(6-8)19-11(21)14(24)12(22)7-13(12,23)15(25,26)17(29,30)16(14,27)28/h1-3,6,10,20,22-30H,4-5,7,18H2,(H,19,21). The molecule has 0 bridgehead atoms. The number of aliphatic hydroxyl groups excluding tert-OH is 1. The number of nitrogens with two attached hydrogens (primary N) is 1.